The van der Waals surface area contributed by atoms with Gasteiger partial charge in [-0.1, -0.05) is 35.9 Å². The maximum Gasteiger partial charge on any atom is 0.265 e. The van der Waals surface area contributed by atoms with Crippen LogP contribution in [0, 0.1) is 6.92 Å². The number of rotatable bonds is 4. The van der Waals surface area contributed by atoms with Crippen LogP contribution in [0.15, 0.2) is 66.9 Å². The van der Waals surface area contributed by atoms with Crippen LogP contribution in [-0.2, 0) is 11.3 Å². The van der Waals surface area contributed by atoms with E-state index in [4.69, 9.17) is 4.74 Å². The van der Waals surface area contributed by atoms with Crippen LogP contribution in [0.5, 0.6) is 5.75 Å². The molecule has 0 saturated heterocycles. The minimum Gasteiger partial charge on any atom is -0.482 e. The summed E-state index contributed by atoms with van der Waals surface area (Å²) in [4.78, 5) is 30.8. The predicted octanol–water partition coefficient (Wildman–Crippen LogP) is 3.57. The summed E-state index contributed by atoms with van der Waals surface area (Å²) in [6.45, 7) is 2.42. The second kappa shape index (κ2) is 7.52. The summed E-state index contributed by atoms with van der Waals surface area (Å²) in [7, 11) is 0. The molecule has 1 aliphatic rings. The quantitative estimate of drug-likeness (QED) is 0.759. The van der Waals surface area contributed by atoms with Crippen LogP contribution in [0.2, 0.25) is 0 Å². The maximum atomic E-state index is 12.6. The molecule has 6 nitrogen and oxygen atoms in total. The van der Waals surface area contributed by atoms with E-state index >= 15 is 0 Å². The number of nitrogens with zero attached hydrogens (tertiary/aromatic N) is 2. The average molecular weight is 373 g/mol. The van der Waals surface area contributed by atoms with E-state index in [2.05, 4.69) is 10.3 Å². The molecule has 1 aliphatic heterocycles. The van der Waals surface area contributed by atoms with Gasteiger partial charge in [0.25, 0.3) is 11.8 Å². The molecule has 4 rings (SSSR count). The largest absolute Gasteiger partial charge is 0.482 e. The van der Waals surface area contributed by atoms with E-state index in [0.717, 1.165) is 11.1 Å². The highest BCUT2D eigenvalue weighted by molar-refractivity contribution is 6.06. The van der Waals surface area contributed by atoms with Crippen molar-refractivity contribution in [2.45, 2.75) is 13.5 Å². The predicted molar refractivity (Wildman–Crippen MR) is 106 cm³/mol. The Bertz CT molecular complexity index is 1020. The highest BCUT2D eigenvalue weighted by atomic mass is 16.5. The number of hydrogen-bond acceptors (Lipinski definition) is 4. The number of nitrogens with one attached hydrogen (secondary N) is 1. The summed E-state index contributed by atoms with van der Waals surface area (Å²) >= 11 is 0. The Labute approximate surface area is 162 Å². The van der Waals surface area contributed by atoms with Gasteiger partial charge in [-0.3, -0.25) is 9.59 Å². The summed E-state index contributed by atoms with van der Waals surface area (Å²) < 4.78 is 5.54. The summed E-state index contributed by atoms with van der Waals surface area (Å²) in [5.74, 6) is 0.611. The Kier molecular flexibility index (Phi) is 4.76. The van der Waals surface area contributed by atoms with Crippen LogP contribution >= 0.6 is 0 Å². The zero-order valence-corrected chi connectivity index (χ0v) is 15.4. The molecule has 0 unspecified atom stereocenters. The number of amides is 2. The van der Waals surface area contributed by atoms with Crippen molar-refractivity contribution in [1.82, 2.24) is 4.98 Å². The Balaban J connectivity index is 1.61. The molecule has 0 atom stereocenters. The number of carbonyl (C=O) groups is 2. The summed E-state index contributed by atoms with van der Waals surface area (Å²) in [6, 6.07) is 18.4. The van der Waals surface area contributed by atoms with Crippen molar-refractivity contribution in [3.8, 4) is 5.75 Å². The second-order valence-corrected chi connectivity index (χ2v) is 6.61. The molecule has 0 fully saturated rings. The number of aromatic nitrogens is 1. The molecule has 0 spiro atoms. The molecule has 3 aromatic rings. The van der Waals surface area contributed by atoms with Crippen LogP contribution < -0.4 is 15.0 Å². The van der Waals surface area contributed by atoms with E-state index in [1.54, 1.807) is 47.5 Å². The molecule has 140 valence electrons. The number of fused-ring (bicyclic) bond motifs is 1. The molecule has 28 heavy (non-hydrogen) atoms. The van der Waals surface area contributed by atoms with Crippen LogP contribution in [0.3, 0.4) is 0 Å². The number of anilines is 2. The Morgan fingerprint density at radius 2 is 1.96 bits per heavy atom. The first kappa shape index (κ1) is 17.7. The maximum absolute atomic E-state index is 12.6. The monoisotopic (exact) mass is 373 g/mol. The van der Waals surface area contributed by atoms with Gasteiger partial charge in [-0.15, -0.1) is 0 Å². The average Bonchev–Trinajstić information content (AvgIpc) is 2.72. The number of pyridine rings is 1. The third-order valence-electron chi connectivity index (χ3n) is 4.53. The lowest BCUT2D eigenvalue weighted by Gasteiger charge is -2.30. The van der Waals surface area contributed by atoms with E-state index in [-0.39, 0.29) is 18.4 Å². The molecule has 0 bridgehead atoms. The number of aryl methyl sites for hydroxylation is 1. The fraction of sp³-hybridized carbons (Fsp3) is 0.136. The van der Waals surface area contributed by atoms with Crippen molar-refractivity contribution >= 4 is 23.3 Å². The highest BCUT2D eigenvalue weighted by Gasteiger charge is 2.26. The minimum atomic E-state index is -0.296. The van der Waals surface area contributed by atoms with Gasteiger partial charge in [0.05, 0.1) is 12.2 Å². The van der Waals surface area contributed by atoms with E-state index in [1.807, 2.05) is 31.2 Å². The fourth-order valence-electron chi connectivity index (χ4n) is 3.02. The molecule has 2 amide bonds. The fourth-order valence-corrected chi connectivity index (χ4v) is 3.02. The SMILES string of the molecule is Cc1ccc(CN2C(=O)COc3ccc(C(=O)Nc4ccccn4)cc32)cc1. The normalized spacial score (nSPS) is 12.9. The third kappa shape index (κ3) is 3.71. The highest BCUT2D eigenvalue weighted by Crippen LogP contribution is 2.34. The summed E-state index contributed by atoms with van der Waals surface area (Å²) in [5.41, 5.74) is 3.18. The lowest BCUT2D eigenvalue weighted by Crippen LogP contribution is -2.38. The lowest BCUT2D eigenvalue weighted by atomic mass is 10.1. The van der Waals surface area contributed by atoms with E-state index in [1.165, 1.54) is 0 Å². The van der Waals surface area contributed by atoms with Crippen LogP contribution in [0.4, 0.5) is 11.5 Å². The molecular formula is C22H19N3O3. The third-order valence-corrected chi connectivity index (χ3v) is 4.53. The van der Waals surface area contributed by atoms with Crippen LogP contribution in [-0.4, -0.2) is 23.4 Å². The second-order valence-electron chi connectivity index (χ2n) is 6.61. The van der Waals surface area contributed by atoms with Crippen molar-refractivity contribution in [2.24, 2.45) is 0 Å². The van der Waals surface area contributed by atoms with Crippen LogP contribution in [0.25, 0.3) is 0 Å². The van der Waals surface area contributed by atoms with Crippen LogP contribution in [0.1, 0.15) is 21.5 Å². The topological polar surface area (TPSA) is 71.5 Å². The van der Waals surface area contributed by atoms with Crippen molar-refractivity contribution in [3.63, 3.8) is 0 Å². The van der Waals surface area contributed by atoms with E-state index < -0.39 is 0 Å². The molecule has 2 aromatic carbocycles. The van der Waals surface area contributed by atoms with Crippen molar-refractivity contribution in [3.05, 3.63) is 83.6 Å². The molecule has 0 aliphatic carbocycles. The smallest absolute Gasteiger partial charge is 0.265 e. The van der Waals surface area contributed by atoms with Crippen molar-refractivity contribution in [2.75, 3.05) is 16.8 Å². The van der Waals surface area contributed by atoms with Gasteiger partial charge in [-0.25, -0.2) is 4.98 Å². The first-order chi connectivity index (χ1) is 13.6. The summed E-state index contributed by atoms with van der Waals surface area (Å²) in [6.07, 6.45) is 1.61. The zero-order valence-electron chi connectivity index (χ0n) is 15.4. The molecule has 0 saturated carbocycles. The Morgan fingerprint density at radius 3 is 2.71 bits per heavy atom. The number of carbonyl (C=O) groups excluding carboxylic acids is 2. The molecule has 1 aromatic heterocycles. The van der Waals surface area contributed by atoms with Gasteiger partial charge >= 0.3 is 0 Å². The molecular weight excluding hydrogens is 354 g/mol. The number of ether oxygens (including phenoxy) is 1. The van der Waals surface area contributed by atoms with Gasteiger partial charge in [0.15, 0.2) is 6.61 Å². The number of benzene rings is 2. The van der Waals surface area contributed by atoms with Gasteiger partial charge in [0, 0.05) is 11.8 Å². The standard InChI is InChI=1S/C22H19N3O3/c1-15-5-7-16(8-6-15)13-25-18-12-17(9-10-19(18)28-14-21(25)26)22(27)24-20-4-2-3-11-23-20/h2-12H,13-14H2,1H3,(H,23,24,27). The van der Waals surface area contributed by atoms with Gasteiger partial charge in [0.2, 0.25) is 0 Å². The first-order valence-corrected chi connectivity index (χ1v) is 8.95. The van der Waals surface area contributed by atoms with E-state index in [0.29, 0.717) is 29.4 Å². The molecule has 2 heterocycles. The van der Waals surface area contributed by atoms with Crippen molar-refractivity contribution < 1.29 is 14.3 Å². The van der Waals surface area contributed by atoms with Crippen molar-refractivity contribution in [1.29, 1.82) is 0 Å². The van der Waals surface area contributed by atoms with Gasteiger partial charge in [-0.05, 0) is 42.8 Å². The van der Waals surface area contributed by atoms with Gasteiger partial charge < -0.3 is 15.0 Å². The molecule has 1 N–H and O–H groups in total. The first-order valence-electron chi connectivity index (χ1n) is 8.95. The Morgan fingerprint density at radius 1 is 1.14 bits per heavy atom. The zero-order chi connectivity index (χ0) is 19.5. The lowest BCUT2D eigenvalue weighted by molar-refractivity contribution is -0.121. The Hall–Kier alpha value is -3.67. The van der Waals surface area contributed by atoms with E-state index in [9.17, 15) is 9.59 Å². The van der Waals surface area contributed by atoms with Gasteiger partial charge in [0.1, 0.15) is 11.6 Å². The van der Waals surface area contributed by atoms with Gasteiger partial charge in [-0.2, -0.15) is 0 Å². The molecule has 6 heteroatoms. The minimum absolute atomic E-state index is 0.0155. The number of hydrogen-bond donors (Lipinski definition) is 1. The summed E-state index contributed by atoms with van der Waals surface area (Å²) in [5, 5.41) is 2.75. The molecule has 0 radical (unpaired) electrons.